The Morgan fingerprint density at radius 1 is 1.33 bits per heavy atom. The molecule has 0 aromatic carbocycles. The van der Waals surface area contributed by atoms with Crippen molar-refractivity contribution >= 4 is 17.2 Å². The SMILES string of the molecule is CN1CCCCCC1C(=O)NCCc1csc(-c2ncccn2)n1. The Bertz CT molecular complexity index is 660. The lowest BCUT2D eigenvalue weighted by Crippen LogP contribution is -2.45. The van der Waals surface area contributed by atoms with E-state index in [2.05, 4.69) is 25.2 Å². The monoisotopic (exact) mass is 345 g/mol. The summed E-state index contributed by atoms with van der Waals surface area (Å²) in [7, 11) is 2.04. The number of rotatable bonds is 5. The first-order valence-corrected chi connectivity index (χ1v) is 9.32. The van der Waals surface area contributed by atoms with Gasteiger partial charge >= 0.3 is 0 Å². The first kappa shape index (κ1) is 17.0. The highest BCUT2D eigenvalue weighted by Crippen LogP contribution is 2.19. The Hall–Kier alpha value is -1.86. The van der Waals surface area contributed by atoms with Crippen LogP contribution in [0.3, 0.4) is 0 Å². The maximum absolute atomic E-state index is 12.4. The molecule has 7 heteroatoms. The lowest BCUT2D eigenvalue weighted by atomic mass is 10.1. The van der Waals surface area contributed by atoms with Crippen molar-refractivity contribution in [2.24, 2.45) is 0 Å². The first-order valence-electron chi connectivity index (χ1n) is 8.44. The quantitative estimate of drug-likeness (QED) is 0.899. The van der Waals surface area contributed by atoms with Crippen molar-refractivity contribution in [2.45, 2.75) is 38.1 Å². The number of hydrogen-bond acceptors (Lipinski definition) is 6. The molecular formula is C17H23N5OS. The van der Waals surface area contributed by atoms with Crippen molar-refractivity contribution in [3.8, 4) is 10.8 Å². The molecule has 0 radical (unpaired) electrons. The molecule has 1 saturated heterocycles. The third kappa shape index (κ3) is 4.36. The molecular weight excluding hydrogens is 322 g/mol. The second-order valence-corrected chi connectivity index (χ2v) is 6.96. The van der Waals surface area contributed by atoms with Crippen LogP contribution in [0.2, 0.25) is 0 Å². The Balaban J connectivity index is 1.49. The number of nitrogens with one attached hydrogen (secondary N) is 1. The van der Waals surface area contributed by atoms with Crippen LogP contribution in [-0.4, -0.2) is 51.9 Å². The Morgan fingerprint density at radius 3 is 3.00 bits per heavy atom. The van der Waals surface area contributed by atoms with E-state index in [4.69, 9.17) is 0 Å². The fourth-order valence-corrected chi connectivity index (χ4v) is 3.75. The van der Waals surface area contributed by atoms with Crippen molar-refractivity contribution in [1.29, 1.82) is 0 Å². The lowest BCUT2D eigenvalue weighted by molar-refractivity contribution is -0.126. The normalized spacial score (nSPS) is 19.0. The maximum Gasteiger partial charge on any atom is 0.237 e. The van der Waals surface area contributed by atoms with E-state index in [1.165, 1.54) is 24.2 Å². The van der Waals surface area contributed by atoms with E-state index in [9.17, 15) is 4.79 Å². The third-order valence-corrected chi connectivity index (χ3v) is 5.20. The number of amides is 1. The van der Waals surface area contributed by atoms with Crippen LogP contribution in [-0.2, 0) is 11.2 Å². The second-order valence-electron chi connectivity index (χ2n) is 6.10. The minimum Gasteiger partial charge on any atom is -0.354 e. The lowest BCUT2D eigenvalue weighted by Gasteiger charge is -2.24. The first-order chi connectivity index (χ1) is 11.7. The fraction of sp³-hybridized carbons (Fsp3) is 0.529. The molecule has 2 aromatic rings. The minimum atomic E-state index is 0.0104. The predicted molar refractivity (Wildman–Crippen MR) is 94.7 cm³/mol. The van der Waals surface area contributed by atoms with Gasteiger partial charge in [-0.25, -0.2) is 15.0 Å². The summed E-state index contributed by atoms with van der Waals surface area (Å²) in [6, 6.07) is 1.80. The van der Waals surface area contributed by atoms with Gasteiger partial charge in [-0.05, 0) is 32.5 Å². The van der Waals surface area contributed by atoms with Crippen LogP contribution in [0.25, 0.3) is 10.8 Å². The van der Waals surface area contributed by atoms with E-state index in [1.807, 2.05) is 12.4 Å². The minimum absolute atomic E-state index is 0.0104. The summed E-state index contributed by atoms with van der Waals surface area (Å²) >= 11 is 1.54. The maximum atomic E-state index is 12.4. The molecule has 1 unspecified atom stereocenters. The Labute approximate surface area is 146 Å². The number of carbonyl (C=O) groups is 1. The molecule has 0 aliphatic carbocycles. The van der Waals surface area contributed by atoms with Crippen molar-refractivity contribution in [1.82, 2.24) is 25.2 Å². The summed E-state index contributed by atoms with van der Waals surface area (Å²) in [6.45, 7) is 1.62. The van der Waals surface area contributed by atoms with Crippen LogP contribution in [0.1, 0.15) is 31.4 Å². The molecule has 6 nitrogen and oxygen atoms in total. The standard InChI is InChI=1S/C17H23N5OS/c1-22-11-4-2-3-6-14(22)16(23)20-10-7-13-12-24-17(21-13)15-18-8-5-9-19-15/h5,8-9,12,14H,2-4,6-7,10-11H2,1H3,(H,20,23). The van der Waals surface area contributed by atoms with Gasteiger partial charge in [-0.2, -0.15) is 0 Å². The molecule has 2 aromatic heterocycles. The van der Waals surface area contributed by atoms with Crippen LogP contribution < -0.4 is 5.32 Å². The van der Waals surface area contributed by atoms with Crippen LogP contribution in [0.4, 0.5) is 0 Å². The number of likely N-dealkylation sites (tertiary alicyclic amines) is 1. The number of thiazole rings is 1. The highest BCUT2D eigenvalue weighted by molar-refractivity contribution is 7.13. The average molecular weight is 345 g/mol. The van der Waals surface area contributed by atoms with Crippen LogP contribution in [0.5, 0.6) is 0 Å². The molecule has 0 saturated carbocycles. The third-order valence-electron chi connectivity index (χ3n) is 4.31. The van der Waals surface area contributed by atoms with Gasteiger partial charge in [-0.3, -0.25) is 9.69 Å². The number of carbonyl (C=O) groups excluding carboxylic acids is 1. The summed E-state index contributed by atoms with van der Waals surface area (Å²) in [5.41, 5.74) is 0.969. The van der Waals surface area contributed by atoms with E-state index in [0.29, 0.717) is 12.4 Å². The molecule has 1 aliphatic rings. The zero-order chi connectivity index (χ0) is 16.8. The summed E-state index contributed by atoms with van der Waals surface area (Å²) in [5.74, 6) is 0.791. The molecule has 1 atom stereocenters. The Morgan fingerprint density at radius 2 is 2.17 bits per heavy atom. The van der Waals surface area contributed by atoms with E-state index < -0.39 is 0 Å². The number of likely N-dealkylation sites (N-methyl/N-ethyl adjacent to an activating group) is 1. The van der Waals surface area contributed by atoms with Gasteiger partial charge in [0.2, 0.25) is 5.91 Å². The molecule has 1 aliphatic heterocycles. The van der Waals surface area contributed by atoms with Gasteiger partial charge in [0.05, 0.1) is 11.7 Å². The fourth-order valence-electron chi connectivity index (χ4n) is 2.95. The topological polar surface area (TPSA) is 71.0 Å². The van der Waals surface area contributed by atoms with Gasteiger partial charge in [0.1, 0.15) is 0 Å². The van der Waals surface area contributed by atoms with Crippen LogP contribution >= 0.6 is 11.3 Å². The number of hydrogen-bond donors (Lipinski definition) is 1. The molecule has 1 amide bonds. The molecule has 3 heterocycles. The Kier molecular flexibility index (Phi) is 5.87. The summed E-state index contributed by atoms with van der Waals surface area (Å²) < 4.78 is 0. The van der Waals surface area contributed by atoms with Crippen molar-refractivity contribution in [2.75, 3.05) is 20.1 Å². The predicted octanol–water partition coefficient (Wildman–Crippen LogP) is 2.13. The van der Waals surface area contributed by atoms with Gasteiger partial charge < -0.3 is 5.32 Å². The zero-order valence-electron chi connectivity index (χ0n) is 13.9. The van der Waals surface area contributed by atoms with Gasteiger partial charge in [0.25, 0.3) is 0 Å². The summed E-state index contributed by atoms with van der Waals surface area (Å²) in [6.07, 6.45) is 8.65. The highest BCUT2D eigenvalue weighted by Gasteiger charge is 2.24. The van der Waals surface area contributed by atoms with Gasteiger partial charge in [0, 0.05) is 30.7 Å². The molecule has 0 spiro atoms. The molecule has 1 N–H and O–H groups in total. The van der Waals surface area contributed by atoms with Gasteiger partial charge in [0.15, 0.2) is 10.8 Å². The van der Waals surface area contributed by atoms with Crippen molar-refractivity contribution < 1.29 is 4.79 Å². The van der Waals surface area contributed by atoms with Gasteiger partial charge in [-0.15, -0.1) is 11.3 Å². The number of nitrogens with zero attached hydrogens (tertiary/aromatic N) is 4. The van der Waals surface area contributed by atoms with E-state index in [1.54, 1.807) is 18.5 Å². The van der Waals surface area contributed by atoms with E-state index in [-0.39, 0.29) is 11.9 Å². The smallest absolute Gasteiger partial charge is 0.237 e. The van der Waals surface area contributed by atoms with Crippen LogP contribution in [0, 0.1) is 0 Å². The van der Waals surface area contributed by atoms with E-state index in [0.717, 1.165) is 36.5 Å². The average Bonchev–Trinajstić information content (AvgIpc) is 2.97. The largest absolute Gasteiger partial charge is 0.354 e. The highest BCUT2D eigenvalue weighted by atomic mass is 32.1. The van der Waals surface area contributed by atoms with E-state index >= 15 is 0 Å². The summed E-state index contributed by atoms with van der Waals surface area (Å²) in [4.78, 5) is 27.5. The molecule has 0 bridgehead atoms. The zero-order valence-corrected chi connectivity index (χ0v) is 14.8. The molecule has 1 fully saturated rings. The van der Waals surface area contributed by atoms with Gasteiger partial charge in [-0.1, -0.05) is 12.8 Å². The van der Waals surface area contributed by atoms with Crippen molar-refractivity contribution in [3.63, 3.8) is 0 Å². The second kappa shape index (κ2) is 8.30. The molecule has 3 rings (SSSR count). The molecule has 128 valence electrons. The molecule has 24 heavy (non-hydrogen) atoms. The summed E-state index contributed by atoms with van der Waals surface area (Å²) in [5, 5.41) is 5.89. The van der Waals surface area contributed by atoms with Crippen LogP contribution in [0.15, 0.2) is 23.8 Å². The van der Waals surface area contributed by atoms with Crippen molar-refractivity contribution in [3.05, 3.63) is 29.5 Å². The number of aromatic nitrogens is 3.